The molecule has 2 saturated carbocycles. The number of hydrogen-bond acceptors (Lipinski definition) is 5. The number of likely N-dealkylation sites (N-methyl/N-ethyl adjacent to an activating group) is 1. The maximum atomic E-state index is 12.3. The second-order valence-electron chi connectivity index (χ2n) is 7.74. The number of allylic oxidation sites excluding steroid dienone is 2. The van der Waals surface area contributed by atoms with Crippen LogP contribution in [0.1, 0.15) is 32.1 Å². The lowest BCUT2D eigenvalue weighted by molar-refractivity contribution is -0.280. The molecule has 1 saturated heterocycles. The number of aliphatic hydroxyl groups is 2. The van der Waals surface area contributed by atoms with Gasteiger partial charge in [0.25, 0.3) is 0 Å². The Kier molecular flexibility index (Phi) is 3.21. The highest BCUT2D eigenvalue weighted by atomic mass is 16.6. The summed E-state index contributed by atoms with van der Waals surface area (Å²) in [6.45, 7) is 0.827. The molecule has 1 aliphatic heterocycles. The van der Waals surface area contributed by atoms with Crippen molar-refractivity contribution in [2.45, 2.75) is 49.5 Å². The van der Waals surface area contributed by atoms with Gasteiger partial charge in [-0.05, 0) is 38.9 Å². The van der Waals surface area contributed by atoms with Gasteiger partial charge >= 0.3 is 0 Å². The molecule has 0 aromatic heterocycles. The Bertz CT molecular complexity index is 614. The summed E-state index contributed by atoms with van der Waals surface area (Å²) >= 11 is 0. The van der Waals surface area contributed by atoms with E-state index in [0.717, 1.165) is 12.1 Å². The number of carbonyl (C=O) groups is 1. The Labute approximate surface area is 136 Å². The quantitative estimate of drug-likeness (QED) is 0.706. The molecule has 5 heteroatoms. The van der Waals surface area contributed by atoms with Crippen LogP contribution in [-0.4, -0.2) is 59.0 Å². The Morgan fingerprint density at radius 3 is 2.87 bits per heavy atom. The largest absolute Gasteiger partial charge is 0.388 e. The molecule has 2 bridgehead atoms. The van der Waals surface area contributed by atoms with Crippen molar-refractivity contribution in [2.75, 3.05) is 20.7 Å². The number of ketones is 1. The van der Waals surface area contributed by atoms with Gasteiger partial charge in [0, 0.05) is 37.3 Å². The van der Waals surface area contributed by atoms with Crippen molar-refractivity contribution < 1.29 is 19.7 Å². The number of ether oxygens (including phenoxy) is 1. The predicted octanol–water partition coefficient (Wildman–Crippen LogP) is 1.01. The number of likely N-dealkylation sites (tertiary alicyclic amines) is 1. The molecule has 3 unspecified atom stereocenters. The third kappa shape index (κ3) is 1.79. The van der Waals surface area contributed by atoms with Crippen molar-refractivity contribution in [2.24, 2.45) is 11.3 Å². The molecule has 3 aliphatic carbocycles. The number of methoxy groups -OCH3 is 1. The van der Waals surface area contributed by atoms with Gasteiger partial charge in [-0.1, -0.05) is 17.7 Å². The first-order chi connectivity index (χ1) is 10.9. The smallest absolute Gasteiger partial charge is 0.192 e. The Balaban J connectivity index is 1.92. The first-order valence-corrected chi connectivity index (χ1v) is 8.46. The van der Waals surface area contributed by atoms with E-state index in [0.29, 0.717) is 32.1 Å². The highest BCUT2D eigenvalue weighted by molar-refractivity contribution is 5.81. The zero-order chi connectivity index (χ0) is 16.5. The fraction of sp³-hybridized carbons (Fsp3) is 0.722. The molecule has 126 valence electrons. The van der Waals surface area contributed by atoms with E-state index in [1.807, 2.05) is 19.2 Å². The zero-order valence-corrected chi connectivity index (χ0v) is 13.8. The van der Waals surface area contributed by atoms with Gasteiger partial charge in [-0.25, -0.2) is 0 Å². The first kappa shape index (κ1) is 15.5. The van der Waals surface area contributed by atoms with Crippen molar-refractivity contribution in [3.05, 3.63) is 23.8 Å². The van der Waals surface area contributed by atoms with Crippen molar-refractivity contribution in [3.8, 4) is 0 Å². The van der Waals surface area contributed by atoms with Crippen LogP contribution < -0.4 is 0 Å². The van der Waals surface area contributed by atoms with Gasteiger partial charge in [0.15, 0.2) is 5.79 Å². The summed E-state index contributed by atoms with van der Waals surface area (Å²) in [5.74, 6) is -1.62. The van der Waals surface area contributed by atoms with Crippen LogP contribution in [0.2, 0.25) is 0 Å². The average molecular weight is 319 g/mol. The van der Waals surface area contributed by atoms with E-state index in [9.17, 15) is 15.0 Å². The molecule has 0 amide bonds. The molecule has 4 aliphatic rings. The van der Waals surface area contributed by atoms with Crippen LogP contribution >= 0.6 is 0 Å². The third-order valence-corrected chi connectivity index (χ3v) is 6.89. The lowest BCUT2D eigenvalue weighted by atomic mass is 9.44. The summed E-state index contributed by atoms with van der Waals surface area (Å²) < 4.78 is 5.48. The van der Waals surface area contributed by atoms with E-state index in [-0.39, 0.29) is 17.7 Å². The molecule has 3 fully saturated rings. The van der Waals surface area contributed by atoms with Gasteiger partial charge in [0.2, 0.25) is 0 Å². The summed E-state index contributed by atoms with van der Waals surface area (Å²) in [5, 5.41) is 22.8. The number of fused-ring (bicyclic) bond motifs is 1. The Morgan fingerprint density at radius 1 is 1.35 bits per heavy atom. The fourth-order valence-electron chi connectivity index (χ4n) is 5.81. The molecule has 0 spiro atoms. The predicted molar refractivity (Wildman–Crippen MR) is 84.6 cm³/mol. The van der Waals surface area contributed by atoms with E-state index in [1.165, 1.54) is 7.11 Å². The molecule has 1 heterocycles. The molecule has 0 radical (unpaired) electrons. The topological polar surface area (TPSA) is 70.0 Å². The molecule has 0 aromatic rings. The minimum atomic E-state index is -1.45. The van der Waals surface area contributed by atoms with Gasteiger partial charge in [0.05, 0.1) is 5.60 Å². The van der Waals surface area contributed by atoms with Gasteiger partial charge in [-0.3, -0.25) is 4.79 Å². The molecular formula is C18H25NO4. The molecule has 23 heavy (non-hydrogen) atoms. The van der Waals surface area contributed by atoms with Crippen molar-refractivity contribution >= 4 is 5.78 Å². The van der Waals surface area contributed by atoms with Crippen LogP contribution in [0.4, 0.5) is 0 Å². The number of nitrogens with zero attached hydrogens (tertiary/aromatic N) is 1. The maximum absolute atomic E-state index is 12.3. The number of carbonyl (C=O) groups excluding carboxylic acids is 1. The van der Waals surface area contributed by atoms with Crippen molar-refractivity contribution in [1.29, 1.82) is 0 Å². The number of piperidine rings is 1. The second kappa shape index (κ2) is 4.76. The SMILES string of the molecule is COC1(O)C=CC=C2C[C@H]3N(C)CC[C@@]4(CC(=O)CCC34O)C21. The molecule has 5 atom stereocenters. The van der Waals surface area contributed by atoms with Crippen LogP contribution in [-0.2, 0) is 9.53 Å². The van der Waals surface area contributed by atoms with Crippen LogP contribution in [0.15, 0.2) is 23.8 Å². The second-order valence-corrected chi connectivity index (χ2v) is 7.74. The van der Waals surface area contributed by atoms with E-state index in [1.54, 1.807) is 6.08 Å². The molecule has 4 rings (SSSR count). The highest BCUT2D eigenvalue weighted by Gasteiger charge is 2.70. The lowest BCUT2D eigenvalue weighted by Gasteiger charge is -2.67. The first-order valence-electron chi connectivity index (χ1n) is 8.46. The van der Waals surface area contributed by atoms with Crippen LogP contribution in [0.3, 0.4) is 0 Å². The summed E-state index contributed by atoms with van der Waals surface area (Å²) in [4.78, 5) is 14.5. The average Bonchev–Trinajstić information content (AvgIpc) is 2.52. The minimum Gasteiger partial charge on any atom is -0.388 e. The number of hydrogen-bond donors (Lipinski definition) is 2. The van der Waals surface area contributed by atoms with Gasteiger partial charge in [0.1, 0.15) is 5.78 Å². The van der Waals surface area contributed by atoms with Gasteiger partial charge < -0.3 is 19.8 Å². The summed E-state index contributed by atoms with van der Waals surface area (Å²) in [7, 11) is 3.54. The zero-order valence-electron chi connectivity index (χ0n) is 13.8. The lowest BCUT2D eigenvalue weighted by Crippen LogP contribution is -2.75. The summed E-state index contributed by atoms with van der Waals surface area (Å²) in [6.07, 6.45) is 8.17. The monoisotopic (exact) mass is 319 g/mol. The van der Waals surface area contributed by atoms with E-state index in [4.69, 9.17) is 4.74 Å². The van der Waals surface area contributed by atoms with Crippen LogP contribution in [0.25, 0.3) is 0 Å². The number of rotatable bonds is 1. The van der Waals surface area contributed by atoms with Gasteiger partial charge in [-0.15, -0.1) is 0 Å². The fourth-order valence-corrected chi connectivity index (χ4v) is 5.81. The van der Waals surface area contributed by atoms with Crippen molar-refractivity contribution in [3.63, 3.8) is 0 Å². The molecule has 0 aromatic carbocycles. The van der Waals surface area contributed by atoms with E-state index in [2.05, 4.69) is 4.90 Å². The normalized spacial score (nSPS) is 49.4. The Hall–Kier alpha value is -1.01. The summed E-state index contributed by atoms with van der Waals surface area (Å²) in [5.41, 5.74) is -0.500. The van der Waals surface area contributed by atoms with Crippen molar-refractivity contribution in [1.82, 2.24) is 4.90 Å². The Morgan fingerprint density at radius 2 is 2.13 bits per heavy atom. The van der Waals surface area contributed by atoms with E-state index >= 15 is 0 Å². The number of Topliss-reactive ketones (excluding diaryl/α,β-unsaturated/α-hetero) is 1. The maximum Gasteiger partial charge on any atom is 0.192 e. The van der Waals surface area contributed by atoms with Crippen LogP contribution in [0, 0.1) is 11.3 Å². The summed E-state index contributed by atoms with van der Waals surface area (Å²) in [6, 6.07) is -0.000504. The highest BCUT2D eigenvalue weighted by Crippen LogP contribution is 2.64. The molecule has 5 nitrogen and oxygen atoms in total. The molecule has 2 N–H and O–H groups in total. The van der Waals surface area contributed by atoms with Crippen LogP contribution in [0.5, 0.6) is 0 Å². The minimum absolute atomic E-state index is 0.000504. The van der Waals surface area contributed by atoms with Gasteiger partial charge in [-0.2, -0.15) is 0 Å². The van der Waals surface area contributed by atoms with E-state index < -0.39 is 16.8 Å². The third-order valence-electron chi connectivity index (χ3n) is 6.89. The standard InChI is InChI=1S/C18H25NO4/c1-19-9-8-16-11-13(20)5-7-17(16,21)14(19)10-12-4-3-6-18(22,23-2)15(12)16/h3-4,6,14-15,21-22H,5,7-11H2,1-2H3/t14-,15?,16-,17?,18?/m1/s1. The molecular weight excluding hydrogens is 294 g/mol.